The standard InChI is InChI=1S/C43H67N3O5S/c1-4-5-6-7-8-9-10-11-12-13-14-15-16-17-18-19-20-21-22-23-24-25-32-43(47)44-33-35-50-37-38-51-36-34-45-52(48,49)42-31-27-28-39-40(42)29-26-30-41(39)46(2)3/h26-31,45H,4-14,19-25,32-38H2,1-3H3,(H,44,47). The number of benzene rings is 2. The molecular formula is C43H67N3O5S. The minimum Gasteiger partial charge on any atom is -0.378 e. The molecule has 0 aliphatic rings. The molecule has 0 aromatic heterocycles. The van der Waals surface area contributed by atoms with Crippen molar-refractivity contribution in [3.63, 3.8) is 0 Å². The highest BCUT2D eigenvalue weighted by atomic mass is 32.2. The van der Waals surface area contributed by atoms with Crippen LogP contribution in [0.2, 0.25) is 0 Å². The average Bonchev–Trinajstić information content (AvgIpc) is 3.13. The number of unbranched alkanes of at least 4 members (excludes halogenated alkanes) is 16. The lowest BCUT2D eigenvalue weighted by Crippen LogP contribution is -2.28. The predicted octanol–water partition coefficient (Wildman–Crippen LogP) is 8.77. The second-order valence-corrected chi connectivity index (χ2v) is 15.4. The molecule has 9 heteroatoms. The largest absolute Gasteiger partial charge is 0.378 e. The molecule has 2 aromatic rings. The van der Waals surface area contributed by atoms with Crippen molar-refractivity contribution in [3.8, 4) is 23.7 Å². The maximum Gasteiger partial charge on any atom is 0.241 e. The van der Waals surface area contributed by atoms with E-state index in [2.05, 4.69) is 40.6 Å². The number of rotatable bonds is 30. The highest BCUT2D eigenvalue weighted by Gasteiger charge is 2.18. The maximum atomic E-state index is 13.0. The second kappa shape index (κ2) is 29.4. The fourth-order valence-electron chi connectivity index (χ4n) is 6.01. The minimum atomic E-state index is -3.69. The van der Waals surface area contributed by atoms with Crippen LogP contribution in [0.3, 0.4) is 0 Å². The van der Waals surface area contributed by atoms with Gasteiger partial charge >= 0.3 is 0 Å². The molecule has 0 bridgehead atoms. The first-order valence-electron chi connectivity index (χ1n) is 19.9. The summed E-state index contributed by atoms with van der Waals surface area (Å²) in [6, 6.07) is 11.0. The van der Waals surface area contributed by atoms with E-state index in [1.165, 1.54) is 77.0 Å². The Kier molecular flexibility index (Phi) is 25.5. The SMILES string of the molecule is CCCCCCCCCCCCC#CC#CCCCCCCCCC(=O)NCCOCCOCCNS(=O)(=O)c1cccc2c(N(C)C)cccc12. The Hall–Kier alpha value is -3.08. The van der Waals surface area contributed by atoms with Gasteiger partial charge in [-0.15, -0.1) is 0 Å². The molecule has 290 valence electrons. The van der Waals surface area contributed by atoms with E-state index in [4.69, 9.17) is 9.47 Å². The molecule has 8 nitrogen and oxygen atoms in total. The first-order chi connectivity index (χ1) is 25.4. The molecule has 0 saturated heterocycles. The second-order valence-electron chi connectivity index (χ2n) is 13.7. The van der Waals surface area contributed by atoms with Gasteiger partial charge in [-0.1, -0.05) is 127 Å². The Morgan fingerprint density at radius 1 is 0.654 bits per heavy atom. The number of hydrogen-bond acceptors (Lipinski definition) is 6. The van der Waals surface area contributed by atoms with E-state index in [0.717, 1.165) is 49.6 Å². The average molecular weight is 738 g/mol. The molecule has 1 amide bonds. The third-order valence-electron chi connectivity index (χ3n) is 8.96. The van der Waals surface area contributed by atoms with Crippen LogP contribution in [0.25, 0.3) is 10.8 Å². The van der Waals surface area contributed by atoms with Crippen LogP contribution < -0.4 is 14.9 Å². The number of ether oxygens (including phenoxy) is 2. The van der Waals surface area contributed by atoms with Crippen molar-refractivity contribution < 1.29 is 22.7 Å². The fourth-order valence-corrected chi connectivity index (χ4v) is 7.24. The Morgan fingerprint density at radius 2 is 1.17 bits per heavy atom. The third kappa shape index (κ3) is 20.8. The Morgan fingerprint density at radius 3 is 1.77 bits per heavy atom. The van der Waals surface area contributed by atoms with Crippen molar-refractivity contribution in [1.82, 2.24) is 10.0 Å². The molecule has 0 saturated carbocycles. The molecule has 0 atom stereocenters. The van der Waals surface area contributed by atoms with E-state index in [9.17, 15) is 13.2 Å². The van der Waals surface area contributed by atoms with Crippen LogP contribution in [0.4, 0.5) is 5.69 Å². The molecule has 0 aliphatic carbocycles. The van der Waals surface area contributed by atoms with Gasteiger partial charge in [-0.25, -0.2) is 13.1 Å². The number of carbonyl (C=O) groups excluding carboxylic acids is 1. The monoisotopic (exact) mass is 737 g/mol. The zero-order valence-corrected chi connectivity index (χ0v) is 33.4. The van der Waals surface area contributed by atoms with Gasteiger partial charge in [0.25, 0.3) is 0 Å². The normalized spacial score (nSPS) is 11.1. The summed E-state index contributed by atoms with van der Waals surface area (Å²) in [5.41, 5.74) is 0.961. The molecule has 0 heterocycles. The van der Waals surface area contributed by atoms with Gasteiger partial charge in [0.15, 0.2) is 0 Å². The van der Waals surface area contributed by atoms with E-state index >= 15 is 0 Å². The summed E-state index contributed by atoms with van der Waals surface area (Å²) >= 11 is 0. The van der Waals surface area contributed by atoms with Crippen molar-refractivity contribution >= 4 is 32.4 Å². The van der Waals surface area contributed by atoms with Gasteiger partial charge in [0.2, 0.25) is 15.9 Å². The third-order valence-corrected chi connectivity index (χ3v) is 10.5. The van der Waals surface area contributed by atoms with Crippen molar-refractivity contribution in [3.05, 3.63) is 36.4 Å². The van der Waals surface area contributed by atoms with E-state index in [1.807, 2.05) is 43.3 Å². The maximum absolute atomic E-state index is 13.0. The highest BCUT2D eigenvalue weighted by molar-refractivity contribution is 7.89. The summed E-state index contributed by atoms with van der Waals surface area (Å²) in [5, 5.41) is 4.47. The summed E-state index contributed by atoms with van der Waals surface area (Å²) in [6.07, 6.45) is 22.5. The van der Waals surface area contributed by atoms with Crippen molar-refractivity contribution in [2.45, 2.75) is 134 Å². The highest BCUT2D eigenvalue weighted by Crippen LogP contribution is 2.30. The van der Waals surface area contributed by atoms with E-state index in [0.29, 0.717) is 38.2 Å². The number of sulfonamides is 1. The molecule has 2 rings (SSSR count). The van der Waals surface area contributed by atoms with Crippen molar-refractivity contribution in [2.75, 3.05) is 58.5 Å². The van der Waals surface area contributed by atoms with Crippen LogP contribution in [0.5, 0.6) is 0 Å². The molecule has 52 heavy (non-hydrogen) atoms. The first kappa shape index (κ1) is 45.1. The lowest BCUT2D eigenvalue weighted by molar-refractivity contribution is -0.121. The molecule has 0 radical (unpaired) electrons. The minimum absolute atomic E-state index is 0.0563. The Labute approximate surface area is 316 Å². The zero-order chi connectivity index (χ0) is 37.5. The number of amides is 1. The summed E-state index contributed by atoms with van der Waals surface area (Å²) in [6.45, 7) is 4.25. The first-order valence-corrected chi connectivity index (χ1v) is 21.4. The summed E-state index contributed by atoms with van der Waals surface area (Å²) in [7, 11) is 0.177. The lowest BCUT2D eigenvalue weighted by atomic mass is 10.1. The molecule has 2 aromatic carbocycles. The molecular weight excluding hydrogens is 671 g/mol. The van der Waals surface area contributed by atoms with Gasteiger partial charge in [0.1, 0.15) is 0 Å². The fraction of sp³-hybridized carbons (Fsp3) is 0.651. The van der Waals surface area contributed by atoms with Crippen LogP contribution in [0.15, 0.2) is 41.3 Å². The van der Waals surface area contributed by atoms with E-state index in [1.54, 1.807) is 12.1 Å². The van der Waals surface area contributed by atoms with Crippen LogP contribution in [-0.4, -0.2) is 67.9 Å². The lowest BCUT2D eigenvalue weighted by Gasteiger charge is -2.17. The Balaban J connectivity index is 1.36. The van der Waals surface area contributed by atoms with Crippen LogP contribution in [0, 0.1) is 23.7 Å². The van der Waals surface area contributed by atoms with Gasteiger partial charge in [-0.2, -0.15) is 0 Å². The number of hydrogen-bond donors (Lipinski definition) is 2. The smallest absolute Gasteiger partial charge is 0.241 e. The van der Waals surface area contributed by atoms with Gasteiger partial charge in [0.05, 0.1) is 31.3 Å². The topological polar surface area (TPSA) is 97.0 Å². The number of fused-ring (bicyclic) bond motifs is 1. The zero-order valence-electron chi connectivity index (χ0n) is 32.5. The summed E-state index contributed by atoms with van der Waals surface area (Å²) in [5.74, 6) is 12.5. The van der Waals surface area contributed by atoms with Crippen LogP contribution >= 0.6 is 0 Å². The van der Waals surface area contributed by atoms with Crippen molar-refractivity contribution in [2.24, 2.45) is 0 Å². The van der Waals surface area contributed by atoms with Crippen LogP contribution in [0.1, 0.15) is 129 Å². The molecule has 0 unspecified atom stereocenters. The molecule has 0 fully saturated rings. The van der Waals surface area contributed by atoms with E-state index < -0.39 is 10.0 Å². The quantitative estimate of drug-likeness (QED) is 0.0615. The number of nitrogens with one attached hydrogen (secondary N) is 2. The summed E-state index contributed by atoms with van der Waals surface area (Å²) in [4.78, 5) is 14.3. The molecule has 2 N–H and O–H groups in total. The van der Waals surface area contributed by atoms with Crippen LogP contribution in [-0.2, 0) is 24.3 Å². The molecule has 0 spiro atoms. The van der Waals surface area contributed by atoms with Gasteiger partial charge < -0.3 is 19.7 Å². The Bertz CT molecular complexity index is 1490. The van der Waals surface area contributed by atoms with Crippen molar-refractivity contribution in [1.29, 1.82) is 0 Å². The van der Waals surface area contributed by atoms with Gasteiger partial charge in [0, 0.05) is 62.9 Å². The number of anilines is 1. The summed E-state index contributed by atoms with van der Waals surface area (Å²) < 4.78 is 39.6. The predicted molar refractivity (Wildman–Crippen MR) is 217 cm³/mol. The number of nitrogens with zero attached hydrogens (tertiary/aromatic N) is 1. The molecule has 0 aliphatic heterocycles. The van der Waals surface area contributed by atoms with Gasteiger partial charge in [-0.3, -0.25) is 4.79 Å². The van der Waals surface area contributed by atoms with E-state index in [-0.39, 0.29) is 24.0 Å². The number of carbonyl (C=O) groups is 1. The van der Waals surface area contributed by atoms with Gasteiger partial charge in [-0.05, 0) is 43.2 Å².